The van der Waals surface area contributed by atoms with Gasteiger partial charge in [-0.1, -0.05) is 12.7 Å². The lowest BCUT2D eigenvalue weighted by atomic mass is 10.00. The molecule has 1 unspecified atom stereocenters. The Kier molecular flexibility index (Phi) is 4.01. The maximum atomic E-state index is 11.3. The molecule has 0 amide bonds. The van der Waals surface area contributed by atoms with Gasteiger partial charge in [-0.05, 0) is 24.1 Å². The fourth-order valence-corrected chi connectivity index (χ4v) is 2.68. The van der Waals surface area contributed by atoms with Gasteiger partial charge in [-0.15, -0.1) is 0 Å². The number of aromatic nitrogens is 1. The van der Waals surface area contributed by atoms with Gasteiger partial charge in [0, 0.05) is 25.2 Å². The Morgan fingerprint density at radius 2 is 2.23 bits per heavy atom. The van der Waals surface area contributed by atoms with Crippen LogP contribution < -0.4 is 5.73 Å². The molecule has 0 aliphatic heterocycles. The number of hydrogen-bond acceptors (Lipinski definition) is 4. The van der Waals surface area contributed by atoms with Crippen LogP contribution in [-0.4, -0.2) is 26.6 Å². The van der Waals surface area contributed by atoms with Crippen LogP contribution in [0.3, 0.4) is 0 Å². The number of carboxylic acids is 1. The van der Waals surface area contributed by atoms with Crippen molar-refractivity contribution in [3.05, 3.63) is 45.6 Å². The van der Waals surface area contributed by atoms with Gasteiger partial charge < -0.3 is 15.4 Å². The highest BCUT2D eigenvalue weighted by atomic mass is 16.6. The number of hydrogen-bond donors (Lipinski definition) is 2. The Bertz CT molecular complexity index is 792. The van der Waals surface area contributed by atoms with Gasteiger partial charge in [0.25, 0.3) is 5.69 Å². The lowest BCUT2D eigenvalue weighted by Gasteiger charge is -2.07. The van der Waals surface area contributed by atoms with Crippen molar-refractivity contribution >= 4 is 28.6 Å². The third kappa shape index (κ3) is 2.35. The summed E-state index contributed by atoms with van der Waals surface area (Å²) in [6.45, 7) is 5.51. The molecule has 116 valence electrons. The number of fused-ring (bicyclic) bond motifs is 1. The number of rotatable bonds is 5. The molecule has 0 bridgehead atoms. The van der Waals surface area contributed by atoms with Crippen LogP contribution in [0.1, 0.15) is 16.8 Å². The van der Waals surface area contributed by atoms with E-state index in [4.69, 9.17) is 10.8 Å². The summed E-state index contributed by atoms with van der Waals surface area (Å²) in [5.74, 6) is -1.14. The van der Waals surface area contributed by atoms with Gasteiger partial charge in [-0.25, -0.2) is 0 Å². The minimum absolute atomic E-state index is 0.0277. The highest BCUT2D eigenvalue weighted by Crippen LogP contribution is 2.36. The molecule has 0 spiro atoms. The van der Waals surface area contributed by atoms with Crippen molar-refractivity contribution in [1.82, 2.24) is 4.57 Å². The van der Waals surface area contributed by atoms with Crippen LogP contribution in [0.25, 0.3) is 17.0 Å². The summed E-state index contributed by atoms with van der Waals surface area (Å²) in [6, 6.07) is 1.93. The van der Waals surface area contributed by atoms with Crippen LogP contribution in [0, 0.1) is 17.0 Å². The molecule has 1 atom stereocenters. The van der Waals surface area contributed by atoms with Crippen LogP contribution in [0.4, 0.5) is 5.69 Å². The third-order valence-electron chi connectivity index (χ3n) is 3.92. The maximum Gasteiger partial charge on any atom is 0.320 e. The molecule has 1 heterocycles. The van der Waals surface area contributed by atoms with E-state index in [1.54, 1.807) is 26.1 Å². The molecule has 0 saturated heterocycles. The topological polar surface area (TPSA) is 111 Å². The first-order chi connectivity index (χ1) is 10.3. The molecule has 7 nitrogen and oxygen atoms in total. The largest absolute Gasteiger partial charge is 0.480 e. The van der Waals surface area contributed by atoms with Crippen LogP contribution >= 0.6 is 0 Å². The fraction of sp³-hybridized carbons (Fsp3) is 0.267. The van der Waals surface area contributed by atoms with E-state index in [1.165, 1.54) is 6.07 Å². The molecule has 0 radical (unpaired) electrons. The zero-order valence-corrected chi connectivity index (χ0v) is 12.4. The quantitative estimate of drug-likeness (QED) is 0.648. The van der Waals surface area contributed by atoms with Gasteiger partial charge in [-0.3, -0.25) is 14.9 Å². The lowest BCUT2D eigenvalue weighted by molar-refractivity contribution is -0.383. The Hall–Kier alpha value is -2.67. The fourth-order valence-electron chi connectivity index (χ4n) is 2.68. The average molecular weight is 303 g/mol. The summed E-state index contributed by atoms with van der Waals surface area (Å²) in [6.07, 6.45) is 1.65. The van der Waals surface area contributed by atoms with Crippen LogP contribution in [0.5, 0.6) is 0 Å². The number of carboxylic acid groups (broad SMARTS) is 1. The summed E-state index contributed by atoms with van der Waals surface area (Å²) in [4.78, 5) is 21.9. The molecule has 7 heteroatoms. The Labute approximate surface area is 126 Å². The number of aliphatic carboxylic acids is 1. The third-order valence-corrected chi connectivity index (χ3v) is 3.92. The number of carbonyl (C=O) groups is 1. The highest BCUT2D eigenvalue weighted by Gasteiger charge is 2.25. The summed E-state index contributed by atoms with van der Waals surface area (Å²) >= 11 is 0. The molecular weight excluding hydrogens is 286 g/mol. The molecule has 0 aliphatic carbocycles. The molecule has 1 aromatic heterocycles. The minimum Gasteiger partial charge on any atom is -0.480 e. The number of nitrogens with zero attached hydrogens (tertiary/aromatic N) is 2. The maximum absolute atomic E-state index is 11.3. The van der Waals surface area contributed by atoms with Gasteiger partial charge in [0.15, 0.2) is 0 Å². The van der Waals surface area contributed by atoms with E-state index < -0.39 is 16.9 Å². The zero-order chi connectivity index (χ0) is 16.6. The van der Waals surface area contributed by atoms with Gasteiger partial charge in [0.2, 0.25) is 0 Å². The van der Waals surface area contributed by atoms with Crippen molar-refractivity contribution in [2.45, 2.75) is 19.4 Å². The average Bonchev–Trinajstić information content (AvgIpc) is 2.71. The number of nitrogens with two attached hydrogens (primary N) is 1. The zero-order valence-electron chi connectivity index (χ0n) is 12.4. The SMILES string of the molecule is C=Cc1ccc([N+](=O)[O-])c2c(CC(N)C(=O)O)c(C)n(C)c12. The molecule has 1 aromatic carbocycles. The van der Waals surface area contributed by atoms with Crippen LogP contribution in [-0.2, 0) is 18.3 Å². The second-order valence-corrected chi connectivity index (χ2v) is 5.13. The molecule has 0 aliphatic rings. The molecule has 3 N–H and O–H groups in total. The van der Waals surface area contributed by atoms with Gasteiger partial charge in [0.05, 0.1) is 15.8 Å². The normalized spacial score (nSPS) is 12.3. The smallest absolute Gasteiger partial charge is 0.320 e. The van der Waals surface area contributed by atoms with E-state index in [1.807, 2.05) is 4.57 Å². The first-order valence-electron chi connectivity index (χ1n) is 6.65. The van der Waals surface area contributed by atoms with Gasteiger partial charge in [0.1, 0.15) is 6.04 Å². The van der Waals surface area contributed by atoms with Gasteiger partial charge in [-0.2, -0.15) is 0 Å². The molecule has 0 fully saturated rings. The van der Waals surface area contributed by atoms with Crippen LogP contribution in [0.15, 0.2) is 18.7 Å². The number of benzene rings is 1. The summed E-state index contributed by atoms with van der Waals surface area (Å²) in [5, 5.41) is 20.8. The van der Waals surface area contributed by atoms with Crippen LogP contribution in [0.2, 0.25) is 0 Å². The first kappa shape index (κ1) is 15.7. The molecular formula is C15H17N3O4. The Balaban J connectivity index is 2.85. The number of non-ortho nitro benzene ring substituents is 1. The number of nitro benzene ring substituents is 1. The second kappa shape index (κ2) is 5.61. The van der Waals surface area contributed by atoms with E-state index in [-0.39, 0.29) is 12.1 Å². The van der Waals surface area contributed by atoms with Crippen molar-refractivity contribution in [3.63, 3.8) is 0 Å². The summed E-state index contributed by atoms with van der Waals surface area (Å²) in [5.41, 5.74) is 8.31. The highest BCUT2D eigenvalue weighted by molar-refractivity contribution is 5.99. The van der Waals surface area contributed by atoms with Gasteiger partial charge >= 0.3 is 5.97 Å². The first-order valence-corrected chi connectivity index (χ1v) is 6.65. The molecule has 2 rings (SSSR count). The summed E-state index contributed by atoms with van der Waals surface area (Å²) in [7, 11) is 1.78. The summed E-state index contributed by atoms with van der Waals surface area (Å²) < 4.78 is 1.81. The second-order valence-electron chi connectivity index (χ2n) is 5.13. The monoisotopic (exact) mass is 303 g/mol. The predicted octanol–water partition coefficient (Wildman–Crippen LogP) is 1.99. The minimum atomic E-state index is -1.14. The van der Waals surface area contributed by atoms with Crippen molar-refractivity contribution < 1.29 is 14.8 Å². The van der Waals surface area contributed by atoms with E-state index in [0.29, 0.717) is 16.5 Å². The lowest BCUT2D eigenvalue weighted by Crippen LogP contribution is -2.32. The standard InChI is InChI=1S/C15H17N3O4/c1-4-9-5-6-12(18(21)22)13-10(7-11(16)15(19)20)8(2)17(3)14(9)13/h4-6,11H,1,7,16H2,2-3H3,(H,19,20). The predicted molar refractivity (Wildman–Crippen MR) is 83.7 cm³/mol. The number of nitro groups is 1. The van der Waals surface area contributed by atoms with E-state index in [2.05, 4.69) is 6.58 Å². The van der Waals surface area contributed by atoms with Crippen molar-refractivity contribution in [3.8, 4) is 0 Å². The molecule has 22 heavy (non-hydrogen) atoms. The van der Waals surface area contributed by atoms with Crippen molar-refractivity contribution in [1.29, 1.82) is 0 Å². The van der Waals surface area contributed by atoms with E-state index in [9.17, 15) is 14.9 Å². The van der Waals surface area contributed by atoms with Crippen molar-refractivity contribution in [2.75, 3.05) is 0 Å². The van der Waals surface area contributed by atoms with E-state index >= 15 is 0 Å². The molecule has 0 saturated carbocycles. The Morgan fingerprint density at radius 1 is 1.59 bits per heavy atom. The molecule has 2 aromatic rings. The van der Waals surface area contributed by atoms with Crippen molar-refractivity contribution in [2.24, 2.45) is 12.8 Å². The van der Waals surface area contributed by atoms with E-state index in [0.717, 1.165) is 11.3 Å². The Morgan fingerprint density at radius 3 is 2.73 bits per heavy atom. The number of aryl methyl sites for hydroxylation is 1.